The van der Waals surface area contributed by atoms with Crippen LogP contribution in [0.4, 0.5) is 5.69 Å². The van der Waals surface area contributed by atoms with Gasteiger partial charge in [-0.25, -0.2) is 0 Å². The number of hydrogen-bond donors (Lipinski definition) is 0. The van der Waals surface area contributed by atoms with Crippen LogP contribution in [0, 0.1) is 17.0 Å². The summed E-state index contributed by atoms with van der Waals surface area (Å²) >= 11 is 0. The van der Waals surface area contributed by atoms with Gasteiger partial charge in [-0.2, -0.15) is 0 Å². The maximum absolute atomic E-state index is 11.1. The summed E-state index contributed by atoms with van der Waals surface area (Å²) in [6.07, 6.45) is 0.403. The highest BCUT2D eigenvalue weighted by Gasteiger charge is 2.18. The highest BCUT2D eigenvalue weighted by atomic mass is 16.6. The molecule has 0 spiro atoms. The lowest BCUT2D eigenvalue weighted by Gasteiger charge is -2.04. The fourth-order valence-electron chi connectivity index (χ4n) is 1.40. The van der Waals surface area contributed by atoms with Gasteiger partial charge in [0.2, 0.25) is 0 Å². The number of rotatable bonds is 3. The van der Waals surface area contributed by atoms with Crippen LogP contribution in [0.3, 0.4) is 0 Å². The number of hydrogen-bond acceptors (Lipinski definition) is 4. The summed E-state index contributed by atoms with van der Waals surface area (Å²) < 4.78 is 0. The van der Waals surface area contributed by atoms with E-state index in [4.69, 9.17) is 0 Å². The number of ketones is 1. The molecule has 0 amide bonds. The Morgan fingerprint density at radius 3 is 2.47 bits per heavy atom. The largest absolute Gasteiger partial charge is 0.298 e. The van der Waals surface area contributed by atoms with Gasteiger partial charge in [0.25, 0.3) is 5.69 Å². The lowest BCUT2D eigenvalue weighted by molar-refractivity contribution is -0.385. The van der Waals surface area contributed by atoms with Crippen LogP contribution in [0.2, 0.25) is 0 Å². The topological polar surface area (TPSA) is 77.3 Å². The third-order valence-electron chi connectivity index (χ3n) is 2.19. The number of nitro groups is 1. The molecule has 0 saturated carbocycles. The third kappa shape index (κ3) is 1.90. The predicted molar refractivity (Wildman–Crippen MR) is 53.2 cm³/mol. The molecule has 15 heavy (non-hydrogen) atoms. The molecule has 0 N–H and O–H groups in total. The quantitative estimate of drug-likeness (QED) is 0.328. The molecular formula is C10H9NO4. The van der Waals surface area contributed by atoms with E-state index in [2.05, 4.69) is 0 Å². The van der Waals surface area contributed by atoms with Gasteiger partial charge in [-0.1, -0.05) is 0 Å². The first-order valence-electron chi connectivity index (χ1n) is 4.23. The van der Waals surface area contributed by atoms with E-state index in [1.807, 2.05) is 0 Å². The molecule has 1 aromatic carbocycles. The zero-order chi connectivity index (χ0) is 11.6. The fourth-order valence-corrected chi connectivity index (χ4v) is 1.40. The van der Waals surface area contributed by atoms with E-state index in [-0.39, 0.29) is 17.0 Å². The van der Waals surface area contributed by atoms with Crippen molar-refractivity contribution in [1.82, 2.24) is 0 Å². The lowest BCUT2D eigenvalue weighted by Crippen LogP contribution is -2.03. The van der Waals surface area contributed by atoms with Gasteiger partial charge in [0.05, 0.1) is 10.5 Å². The number of nitrogens with zero attached hydrogens (tertiary/aromatic N) is 1. The minimum Gasteiger partial charge on any atom is -0.298 e. The first kappa shape index (κ1) is 11.0. The minimum absolute atomic E-state index is 0.0345. The molecule has 0 unspecified atom stereocenters. The van der Waals surface area contributed by atoms with Crippen molar-refractivity contribution in [3.8, 4) is 0 Å². The molecule has 1 aromatic rings. The summed E-state index contributed by atoms with van der Waals surface area (Å²) in [6, 6.07) is 2.54. The Morgan fingerprint density at radius 1 is 1.47 bits per heavy atom. The van der Waals surface area contributed by atoms with Gasteiger partial charge in [-0.15, -0.1) is 0 Å². The summed E-state index contributed by atoms with van der Waals surface area (Å²) in [5.41, 5.74) is 0.384. The summed E-state index contributed by atoms with van der Waals surface area (Å²) in [6.45, 7) is 2.87. The van der Waals surface area contributed by atoms with Gasteiger partial charge >= 0.3 is 0 Å². The Hall–Kier alpha value is -2.04. The summed E-state index contributed by atoms with van der Waals surface area (Å²) in [4.78, 5) is 31.8. The molecule has 1 rings (SSSR count). The van der Waals surface area contributed by atoms with Crippen molar-refractivity contribution >= 4 is 17.8 Å². The van der Waals surface area contributed by atoms with E-state index in [1.54, 1.807) is 0 Å². The first-order chi connectivity index (χ1) is 6.99. The van der Waals surface area contributed by atoms with Gasteiger partial charge in [-0.3, -0.25) is 19.7 Å². The van der Waals surface area contributed by atoms with E-state index in [0.29, 0.717) is 17.4 Å². The van der Waals surface area contributed by atoms with Crippen LogP contribution in [-0.2, 0) is 0 Å². The molecule has 0 bridgehead atoms. The smallest absolute Gasteiger partial charge is 0.280 e. The number of carbonyl (C=O) groups excluding carboxylic acids is 2. The van der Waals surface area contributed by atoms with Gasteiger partial charge in [0.15, 0.2) is 12.1 Å². The van der Waals surface area contributed by atoms with Crippen LogP contribution in [0.1, 0.15) is 33.2 Å². The predicted octanol–water partition coefficient (Wildman–Crippen LogP) is 1.92. The van der Waals surface area contributed by atoms with E-state index in [9.17, 15) is 19.7 Å². The zero-order valence-electron chi connectivity index (χ0n) is 8.31. The van der Waals surface area contributed by atoms with Crippen molar-refractivity contribution in [1.29, 1.82) is 0 Å². The molecule has 0 radical (unpaired) electrons. The highest BCUT2D eigenvalue weighted by Crippen LogP contribution is 2.23. The van der Waals surface area contributed by atoms with Crippen molar-refractivity contribution in [2.75, 3.05) is 0 Å². The van der Waals surface area contributed by atoms with Crippen molar-refractivity contribution in [3.63, 3.8) is 0 Å². The molecule has 5 heteroatoms. The SMILES string of the molecule is CC(=O)c1ccc([N+](=O)[O-])c(C=O)c1C. The van der Waals surface area contributed by atoms with Crippen LogP contribution < -0.4 is 0 Å². The van der Waals surface area contributed by atoms with Gasteiger partial charge in [0.1, 0.15) is 0 Å². The van der Waals surface area contributed by atoms with Crippen LogP contribution in [0.5, 0.6) is 0 Å². The molecule has 0 aliphatic carbocycles. The Balaban J connectivity index is 3.52. The summed E-state index contributed by atoms with van der Waals surface area (Å²) in [5.74, 6) is -0.217. The molecule has 0 aliphatic heterocycles. The standard InChI is InChI=1S/C10H9NO4/c1-6-8(7(2)13)3-4-10(11(14)15)9(6)5-12/h3-5H,1-2H3. The Morgan fingerprint density at radius 2 is 2.07 bits per heavy atom. The second-order valence-corrected chi connectivity index (χ2v) is 3.10. The zero-order valence-corrected chi connectivity index (χ0v) is 8.31. The van der Waals surface area contributed by atoms with Crippen molar-refractivity contribution < 1.29 is 14.5 Å². The normalized spacial score (nSPS) is 9.73. The molecule has 0 heterocycles. The third-order valence-corrected chi connectivity index (χ3v) is 2.19. The number of carbonyl (C=O) groups is 2. The molecule has 0 saturated heterocycles. The number of aldehydes is 1. The molecule has 0 fully saturated rings. The molecule has 0 aromatic heterocycles. The Bertz CT molecular complexity index is 451. The van der Waals surface area contributed by atoms with Crippen LogP contribution in [-0.4, -0.2) is 17.0 Å². The number of benzene rings is 1. The highest BCUT2D eigenvalue weighted by molar-refractivity contribution is 5.99. The summed E-state index contributed by atoms with van der Waals surface area (Å²) in [5, 5.41) is 10.6. The van der Waals surface area contributed by atoms with E-state index in [0.717, 1.165) is 0 Å². The molecule has 0 aliphatic rings. The average Bonchev–Trinajstić information content (AvgIpc) is 2.16. The molecular weight excluding hydrogens is 198 g/mol. The van der Waals surface area contributed by atoms with Gasteiger partial charge < -0.3 is 0 Å². The fraction of sp³-hybridized carbons (Fsp3) is 0.200. The molecule has 78 valence electrons. The van der Waals surface area contributed by atoms with Crippen molar-refractivity contribution in [2.45, 2.75) is 13.8 Å². The van der Waals surface area contributed by atoms with Gasteiger partial charge in [-0.05, 0) is 25.5 Å². The average molecular weight is 207 g/mol. The van der Waals surface area contributed by atoms with E-state index < -0.39 is 4.92 Å². The maximum atomic E-state index is 11.1. The second kappa shape index (κ2) is 4.00. The second-order valence-electron chi connectivity index (χ2n) is 3.10. The summed E-state index contributed by atoms with van der Waals surface area (Å²) in [7, 11) is 0. The van der Waals surface area contributed by atoms with Crippen molar-refractivity contribution in [3.05, 3.63) is 38.9 Å². The monoisotopic (exact) mass is 207 g/mol. The number of Topliss-reactive ketones (excluding diaryl/α,β-unsaturated/α-hetero) is 1. The molecule has 5 nitrogen and oxygen atoms in total. The lowest BCUT2D eigenvalue weighted by atomic mass is 9.99. The Kier molecular flexibility index (Phi) is 2.94. The van der Waals surface area contributed by atoms with Crippen molar-refractivity contribution in [2.24, 2.45) is 0 Å². The van der Waals surface area contributed by atoms with Gasteiger partial charge in [0, 0.05) is 11.6 Å². The maximum Gasteiger partial charge on any atom is 0.280 e. The first-order valence-corrected chi connectivity index (χ1v) is 4.23. The van der Waals surface area contributed by atoms with Crippen LogP contribution >= 0.6 is 0 Å². The van der Waals surface area contributed by atoms with E-state index in [1.165, 1.54) is 26.0 Å². The van der Waals surface area contributed by atoms with Crippen LogP contribution in [0.15, 0.2) is 12.1 Å². The van der Waals surface area contributed by atoms with E-state index >= 15 is 0 Å². The Labute approximate surface area is 85.9 Å². The van der Waals surface area contributed by atoms with Crippen LogP contribution in [0.25, 0.3) is 0 Å². The number of nitro benzene ring substituents is 1. The minimum atomic E-state index is -0.638. The molecule has 0 atom stereocenters.